The first kappa shape index (κ1) is 18.3. The van der Waals surface area contributed by atoms with Crippen molar-refractivity contribution in [3.8, 4) is 0 Å². The number of likely N-dealkylation sites (tertiary alicyclic amines) is 1. The Kier molecular flexibility index (Phi) is 4.96. The molecule has 0 unspecified atom stereocenters. The maximum atomic E-state index is 13.8. The minimum absolute atomic E-state index is 0.162. The second-order valence-corrected chi connectivity index (χ2v) is 6.83. The first-order valence-corrected chi connectivity index (χ1v) is 8.42. The summed E-state index contributed by atoms with van der Waals surface area (Å²) in [5.74, 6) is -3.98. The van der Waals surface area contributed by atoms with Crippen molar-refractivity contribution in [2.24, 2.45) is 5.92 Å². The molecule has 26 heavy (non-hydrogen) atoms. The lowest BCUT2D eigenvalue weighted by atomic mass is 9.87. The topological polar surface area (TPSA) is 49.4 Å². The second kappa shape index (κ2) is 7.03. The highest BCUT2D eigenvalue weighted by Crippen LogP contribution is 2.35. The quantitative estimate of drug-likeness (QED) is 0.827. The van der Waals surface area contributed by atoms with Crippen molar-refractivity contribution in [2.75, 3.05) is 18.9 Å². The van der Waals surface area contributed by atoms with Crippen molar-refractivity contribution < 1.29 is 18.4 Å². The number of amides is 2. The predicted octanol–water partition coefficient (Wildman–Crippen LogP) is 3.74. The van der Waals surface area contributed by atoms with Crippen molar-refractivity contribution in [2.45, 2.75) is 12.8 Å². The fourth-order valence-electron chi connectivity index (χ4n) is 3.19. The van der Waals surface area contributed by atoms with E-state index in [0.717, 1.165) is 23.3 Å². The van der Waals surface area contributed by atoms with Crippen molar-refractivity contribution in [1.29, 1.82) is 0 Å². The minimum Gasteiger partial charge on any atom is -0.344 e. The number of hydrogen-bond donors (Lipinski definition) is 1. The Morgan fingerprint density at radius 3 is 2.62 bits per heavy atom. The van der Waals surface area contributed by atoms with Gasteiger partial charge in [0, 0.05) is 30.6 Å². The number of anilines is 1. The summed E-state index contributed by atoms with van der Waals surface area (Å²) >= 11 is 6.05. The number of aryl methyl sites for hydroxylation is 1. The van der Waals surface area contributed by atoms with E-state index in [1.165, 1.54) is 4.90 Å². The molecule has 1 aliphatic heterocycles. The van der Waals surface area contributed by atoms with E-state index in [1.807, 2.05) is 13.0 Å². The number of nitrogens with zero attached hydrogens (tertiary/aromatic N) is 1. The Balaban J connectivity index is 1.90. The first-order valence-electron chi connectivity index (χ1n) is 8.05. The van der Waals surface area contributed by atoms with E-state index in [9.17, 15) is 18.4 Å². The fraction of sp³-hybridized carbons (Fsp3) is 0.263. The van der Waals surface area contributed by atoms with Crippen LogP contribution in [0.3, 0.4) is 0 Å². The van der Waals surface area contributed by atoms with Crippen molar-refractivity contribution >= 4 is 29.1 Å². The van der Waals surface area contributed by atoms with Crippen molar-refractivity contribution in [3.63, 3.8) is 0 Å². The van der Waals surface area contributed by atoms with Crippen LogP contribution in [-0.4, -0.2) is 30.3 Å². The third-order valence-corrected chi connectivity index (χ3v) is 5.02. The van der Waals surface area contributed by atoms with Crippen LogP contribution in [0.4, 0.5) is 14.5 Å². The third kappa shape index (κ3) is 3.42. The third-order valence-electron chi connectivity index (χ3n) is 4.60. The summed E-state index contributed by atoms with van der Waals surface area (Å²) in [6.45, 7) is 2.21. The van der Waals surface area contributed by atoms with Crippen LogP contribution in [0.2, 0.25) is 5.02 Å². The van der Waals surface area contributed by atoms with Gasteiger partial charge < -0.3 is 10.2 Å². The first-order chi connectivity index (χ1) is 12.3. The number of rotatable bonds is 3. The molecule has 3 rings (SSSR count). The molecule has 2 atom stereocenters. The molecule has 136 valence electrons. The average molecular weight is 379 g/mol. The molecule has 0 bridgehead atoms. The van der Waals surface area contributed by atoms with E-state index in [1.54, 1.807) is 19.2 Å². The molecular formula is C19H17ClF2N2O2. The lowest BCUT2D eigenvalue weighted by Gasteiger charge is -2.18. The van der Waals surface area contributed by atoms with Crippen LogP contribution < -0.4 is 5.32 Å². The monoisotopic (exact) mass is 378 g/mol. The molecule has 2 aromatic carbocycles. The van der Waals surface area contributed by atoms with Gasteiger partial charge in [-0.3, -0.25) is 9.59 Å². The van der Waals surface area contributed by atoms with Crippen LogP contribution in [-0.2, 0) is 9.59 Å². The average Bonchev–Trinajstić information content (AvgIpc) is 2.88. The van der Waals surface area contributed by atoms with Gasteiger partial charge in [-0.1, -0.05) is 23.7 Å². The van der Waals surface area contributed by atoms with Crippen molar-refractivity contribution in [3.05, 3.63) is 64.2 Å². The van der Waals surface area contributed by atoms with E-state index in [4.69, 9.17) is 11.6 Å². The summed E-state index contributed by atoms with van der Waals surface area (Å²) in [5, 5.41) is 3.00. The van der Waals surface area contributed by atoms with E-state index in [2.05, 4.69) is 5.32 Å². The number of halogens is 3. The molecule has 0 saturated carbocycles. The van der Waals surface area contributed by atoms with Gasteiger partial charge in [0.1, 0.15) is 17.6 Å². The summed E-state index contributed by atoms with van der Waals surface area (Å²) in [6.07, 6.45) is 0. The normalized spacial score (nSPS) is 19.7. The summed E-state index contributed by atoms with van der Waals surface area (Å²) in [4.78, 5) is 26.7. The van der Waals surface area contributed by atoms with Gasteiger partial charge in [0.05, 0.1) is 5.69 Å². The Hall–Kier alpha value is -2.47. The molecule has 4 nitrogen and oxygen atoms in total. The Labute approximate surface area is 154 Å². The molecule has 7 heteroatoms. The van der Waals surface area contributed by atoms with Gasteiger partial charge in [0.25, 0.3) is 0 Å². The van der Waals surface area contributed by atoms with Gasteiger partial charge >= 0.3 is 0 Å². The summed E-state index contributed by atoms with van der Waals surface area (Å²) in [5.41, 5.74) is 1.49. The lowest BCUT2D eigenvalue weighted by molar-refractivity contribution is -0.135. The number of carbonyl (C=O) groups excluding carboxylic acids is 2. The number of benzene rings is 2. The fourth-order valence-corrected chi connectivity index (χ4v) is 3.31. The molecule has 2 aromatic rings. The zero-order chi connectivity index (χ0) is 19.0. The number of likely N-dealkylation sites (N-methyl/N-ethyl adjacent to an activating group) is 1. The highest BCUT2D eigenvalue weighted by Gasteiger charge is 2.44. The molecule has 1 heterocycles. The summed E-state index contributed by atoms with van der Waals surface area (Å²) in [7, 11) is 1.61. The molecule has 0 aromatic heterocycles. The second-order valence-electron chi connectivity index (χ2n) is 6.42. The van der Waals surface area contributed by atoms with Crippen LogP contribution in [0.25, 0.3) is 0 Å². The van der Waals surface area contributed by atoms with Gasteiger partial charge in [-0.05, 0) is 36.2 Å². The van der Waals surface area contributed by atoms with Crippen LogP contribution in [0, 0.1) is 24.5 Å². The molecule has 2 amide bonds. The smallest absolute Gasteiger partial charge is 0.237 e. The molecule has 1 fully saturated rings. The van der Waals surface area contributed by atoms with Crippen molar-refractivity contribution in [1.82, 2.24) is 4.90 Å². The van der Waals surface area contributed by atoms with Crippen LogP contribution >= 0.6 is 11.6 Å². The van der Waals surface area contributed by atoms with Gasteiger partial charge in [-0.15, -0.1) is 0 Å². The van der Waals surface area contributed by atoms with Crippen LogP contribution in [0.1, 0.15) is 17.0 Å². The van der Waals surface area contributed by atoms with Crippen LogP contribution in [0.5, 0.6) is 0 Å². The highest BCUT2D eigenvalue weighted by molar-refractivity contribution is 6.31. The van der Waals surface area contributed by atoms with E-state index >= 15 is 0 Å². The summed E-state index contributed by atoms with van der Waals surface area (Å²) in [6, 6.07) is 8.21. The maximum absolute atomic E-state index is 13.8. The van der Waals surface area contributed by atoms with E-state index in [0.29, 0.717) is 17.6 Å². The van der Waals surface area contributed by atoms with E-state index < -0.39 is 23.5 Å². The number of carbonyl (C=O) groups is 2. The largest absolute Gasteiger partial charge is 0.344 e. The van der Waals surface area contributed by atoms with Gasteiger partial charge in [-0.25, -0.2) is 8.78 Å². The zero-order valence-corrected chi connectivity index (χ0v) is 15.0. The predicted molar refractivity (Wildman–Crippen MR) is 95.0 cm³/mol. The zero-order valence-electron chi connectivity index (χ0n) is 14.2. The molecule has 1 saturated heterocycles. The number of nitrogens with one attached hydrogen (secondary N) is 1. The minimum atomic E-state index is -0.995. The highest BCUT2D eigenvalue weighted by atomic mass is 35.5. The molecule has 0 spiro atoms. The number of hydrogen-bond acceptors (Lipinski definition) is 2. The maximum Gasteiger partial charge on any atom is 0.237 e. The Morgan fingerprint density at radius 1 is 1.23 bits per heavy atom. The molecule has 1 N–H and O–H groups in total. The standard InChI is InChI=1S/C19H17ClF2N2O2/c1-10-7-11(3-5-14(10)20)13-9-24(2)19(26)17(13)18(25)23-16-6-4-12(21)8-15(16)22/h3-8,13,17H,9H2,1-2H3,(H,23,25)/t13-,17+/m1/s1. The van der Waals surface area contributed by atoms with Gasteiger partial charge in [0.2, 0.25) is 11.8 Å². The molecular weight excluding hydrogens is 362 g/mol. The SMILES string of the molecule is Cc1cc([C@H]2CN(C)C(=O)[C@@H]2C(=O)Nc2ccc(F)cc2F)ccc1Cl. The molecule has 0 aliphatic carbocycles. The molecule has 0 radical (unpaired) electrons. The Bertz CT molecular complexity index is 888. The van der Waals surface area contributed by atoms with Crippen LogP contribution in [0.15, 0.2) is 36.4 Å². The molecule has 1 aliphatic rings. The van der Waals surface area contributed by atoms with E-state index in [-0.39, 0.29) is 17.5 Å². The van der Waals surface area contributed by atoms with Gasteiger partial charge in [0.15, 0.2) is 0 Å². The lowest BCUT2D eigenvalue weighted by Crippen LogP contribution is -2.33. The van der Waals surface area contributed by atoms with Gasteiger partial charge in [-0.2, -0.15) is 0 Å². The Morgan fingerprint density at radius 2 is 1.96 bits per heavy atom. The summed E-state index contributed by atoms with van der Waals surface area (Å²) < 4.78 is 26.9.